The molecule has 2 aromatic rings. The summed E-state index contributed by atoms with van der Waals surface area (Å²) in [6.07, 6.45) is 1.35. The van der Waals surface area contributed by atoms with Gasteiger partial charge < -0.3 is 15.0 Å². The zero-order valence-corrected chi connectivity index (χ0v) is 7.34. The van der Waals surface area contributed by atoms with Gasteiger partial charge in [0.25, 0.3) is 0 Å². The smallest absolute Gasteiger partial charge is 0.319 e. The number of nitrogens with zero attached hydrogens (tertiary/aromatic N) is 4. The first-order valence-corrected chi connectivity index (χ1v) is 3.75. The number of nitrogens with two attached hydrogens (primary N) is 1. The van der Waals surface area contributed by atoms with Crippen LogP contribution in [-0.4, -0.2) is 27.2 Å². The summed E-state index contributed by atoms with van der Waals surface area (Å²) in [5.41, 5.74) is 5.77. The van der Waals surface area contributed by atoms with E-state index in [-0.39, 0.29) is 6.01 Å². The van der Waals surface area contributed by atoms with E-state index < -0.39 is 0 Å². The maximum atomic E-state index is 5.27. The highest BCUT2D eigenvalue weighted by Gasteiger charge is 2.08. The van der Waals surface area contributed by atoms with Crippen LogP contribution in [0.25, 0.3) is 11.5 Å². The molecule has 0 aliphatic heterocycles. The van der Waals surface area contributed by atoms with Gasteiger partial charge >= 0.3 is 6.01 Å². The summed E-state index contributed by atoms with van der Waals surface area (Å²) in [4.78, 5) is 11.6. The monoisotopic (exact) mass is 193 g/mol. The first-order chi connectivity index (χ1) is 6.79. The van der Waals surface area contributed by atoms with Crippen molar-refractivity contribution in [2.45, 2.75) is 0 Å². The van der Waals surface area contributed by atoms with E-state index in [0.717, 1.165) is 0 Å². The highest BCUT2D eigenvalue weighted by atomic mass is 16.5. The van der Waals surface area contributed by atoms with Gasteiger partial charge in [-0.25, -0.2) is 9.97 Å². The highest BCUT2D eigenvalue weighted by Crippen LogP contribution is 2.16. The van der Waals surface area contributed by atoms with E-state index in [0.29, 0.717) is 17.4 Å². The number of ether oxygens (including phenoxy) is 1. The van der Waals surface area contributed by atoms with E-state index >= 15 is 0 Å². The molecule has 0 saturated carbocycles. The van der Waals surface area contributed by atoms with Crippen molar-refractivity contribution in [1.29, 1.82) is 0 Å². The van der Waals surface area contributed by atoms with Crippen LogP contribution in [0.1, 0.15) is 0 Å². The predicted molar refractivity (Wildman–Crippen MR) is 46.3 cm³/mol. The van der Waals surface area contributed by atoms with Crippen LogP contribution in [0.15, 0.2) is 16.9 Å². The van der Waals surface area contributed by atoms with Gasteiger partial charge in [-0.2, -0.15) is 4.98 Å². The third kappa shape index (κ3) is 1.47. The number of aromatic nitrogens is 4. The average Bonchev–Trinajstić information content (AvgIpc) is 2.65. The summed E-state index contributed by atoms with van der Waals surface area (Å²) >= 11 is 0. The zero-order valence-electron chi connectivity index (χ0n) is 7.34. The van der Waals surface area contributed by atoms with Crippen molar-refractivity contribution >= 4 is 6.01 Å². The molecule has 14 heavy (non-hydrogen) atoms. The summed E-state index contributed by atoms with van der Waals surface area (Å²) in [6.45, 7) is 0. The van der Waals surface area contributed by atoms with Gasteiger partial charge in [0.15, 0.2) is 0 Å². The van der Waals surface area contributed by atoms with Crippen molar-refractivity contribution in [1.82, 2.24) is 20.1 Å². The fraction of sp³-hybridized carbons (Fsp3) is 0.143. The second-order valence-electron chi connectivity index (χ2n) is 2.40. The van der Waals surface area contributed by atoms with Crippen LogP contribution in [0.3, 0.4) is 0 Å². The topological polar surface area (TPSA) is 100.0 Å². The molecule has 0 bridgehead atoms. The predicted octanol–water partition coefficient (Wildman–Crippen LogP) is 0.117. The molecule has 2 heterocycles. The SMILES string of the molecule is COc1cc(-c2noc(N)n2)ncn1. The van der Waals surface area contributed by atoms with Crippen molar-refractivity contribution in [3.63, 3.8) is 0 Å². The minimum absolute atomic E-state index is 0.00224. The molecule has 7 nitrogen and oxygen atoms in total. The molecule has 0 saturated heterocycles. The van der Waals surface area contributed by atoms with E-state index in [4.69, 9.17) is 10.5 Å². The molecule has 0 aromatic carbocycles. The number of nitrogen functional groups attached to an aromatic ring is 1. The Kier molecular flexibility index (Phi) is 1.98. The first kappa shape index (κ1) is 8.42. The van der Waals surface area contributed by atoms with Crippen LogP contribution in [-0.2, 0) is 0 Å². The molecule has 0 amide bonds. The molecule has 7 heteroatoms. The summed E-state index contributed by atoms with van der Waals surface area (Å²) in [5, 5.41) is 3.60. The van der Waals surface area contributed by atoms with Crippen LogP contribution in [0.2, 0.25) is 0 Å². The molecule has 72 valence electrons. The molecule has 2 rings (SSSR count). The Bertz CT molecular complexity index is 441. The zero-order chi connectivity index (χ0) is 9.97. The number of methoxy groups -OCH3 is 1. The fourth-order valence-corrected chi connectivity index (χ4v) is 0.913. The standard InChI is InChI=1S/C7H7N5O2/c1-13-5-2-4(9-3-10-5)6-11-7(8)14-12-6/h2-3H,1H3,(H2,8,11,12). The second-order valence-corrected chi connectivity index (χ2v) is 2.40. The Morgan fingerprint density at radius 2 is 2.29 bits per heavy atom. The molecule has 0 unspecified atom stereocenters. The lowest BCUT2D eigenvalue weighted by Gasteiger charge is -1.97. The average molecular weight is 193 g/mol. The molecule has 2 N–H and O–H groups in total. The molecule has 0 aliphatic carbocycles. The molecular weight excluding hydrogens is 186 g/mol. The molecule has 0 spiro atoms. The summed E-state index contributed by atoms with van der Waals surface area (Å²) < 4.78 is 9.52. The van der Waals surface area contributed by atoms with Gasteiger partial charge in [-0.3, -0.25) is 0 Å². The minimum atomic E-state index is -0.00224. The van der Waals surface area contributed by atoms with E-state index in [1.807, 2.05) is 0 Å². The van der Waals surface area contributed by atoms with Crippen molar-refractivity contribution in [2.75, 3.05) is 12.8 Å². The fourth-order valence-electron chi connectivity index (χ4n) is 0.913. The van der Waals surface area contributed by atoms with Crippen LogP contribution in [0.4, 0.5) is 6.01 Å². The summed E-state index contributed by atoms with van der Waals surface area (Å²) in [5.74, 6) is 0.738. The van der Waals surface area contributed by atoms with Gasteiger partial charge in [-0.1, -0.05) is 5.16 Å². The second kappa shape index (κ2) is 3.29. The van der Waals surface area contributed by atoms with Crippen molar-refractivity contribution in [3.05, 3.63) is 12.4 Å². The Morgan fingerprint density at radius 1 is 1.43 bits per heavy atom. The molecule has 0 aliphatic rings. The van der Waals surface area contributed by atoms with E-state index in [2.05, 4.69) is 24.6 Å². The molecule has 0 radical (unpaired) electrons. The largest absolute Gasteiger partial charge is 0.481 e. The van der Waals surface area contributed by atoms with Crippen LogP contribution in [0.5, 0.6) is 5.88 Å². The maximum Gasteiger partial charge on any atom is 0.319 e. The Balaban J connectivity index is 2.41. The lowest BCUT2D eigenvalue weighted by Crippen LogP contribution is -1.92. The lowest BCUT2D eigenvalue weighted by molar-refractivity contribution is 0.397. The van der Waals surface area contributed by atoms with Crippen molar-refractivity contribution in [3.8, 4) is 17.4 Å². The van der Waals surface area contributed by atoms with Crippen molar-refractivity contribution in [2.24, 2.45) is 0 Å². The number of hydrogen-bond donors (Lipinski definition) is 1. The molecule has 2 aromatic heterocycles. The van der Waals surface area contributed by atoms with Crippen molar-refractivity contribution < 1.29 is 9.26 Å². The van der Waals surface area contributed by atoms with Gasteiger partial charge in [-0.05, 0) is 0 Å². The normalized spacial score (nSPS) is 10.1. The summed E-state index contributed by atoms with van der Waals surface area (Å²) in [6, 6.07) is 1.59. The van der Waals surface area contributed by atoms with Gasteiger partial charge in [0.2, 0.25) is 11.7 Å². The number of hydrogen-bond acceptors (Lipinski definition) is 7. The third-order valence-corrected chi connectivity index (χ3v) is 1.52. The number of anilines is 1. The van der Waals surface area contributed by atoms with Crippen LogP contribution in [0, 0.1) is 0 Å². The minimum Gasteiger partial charge on any atom is -0.481 e. The lowest BCUT2D eigenvalue weighted by atomic mass is 10.4. The Labute approximate surface area is 78.9 Å². The van der Waals surface area contributed by atoms with Crippen LogP contribution < -0.4 is 10.5 Å². The Hall–Kier alpha value is -2.18. The Morgan fingerprint density at radius 3 is 2.93 bits per heavy atom. The third-order valence-electron chi connectivity index (χ3n) is 1.52. The van der Waals surface area contributed by atoms with E-state index in [1.165, 1.54) is 13.4 Å². The first-order valence-electron chi connectivity index (χ1n) is 3.75. The molecule has 0 atom stereocenters. The number of rotatable bonds is 2. The van der Waals surface area contributed by atoms with E-state index in [9.17, 15) is 0 Å². The summed E-state index contributed by atoms with van der Waals surface area (Å²) in [7, 11) is 1.51. The van der Waals surface area contributed by atoms with Gasteiger partial charge in [0.1, 0.15) is 12.0 Å². The van der Waals surface area contributed by atoms with Gasteiger partial charge in [0.05, 0.1) is 7.11 Å². The quantitative estimate of drug-likeness (QED) is 0.722. The molecule has 0 fully saturated rings. The van der Waals surface area contributed by atoms with Gasteiger partial charge in [0, 0.05) is 6.07 Å². The molecular formula is C7H7N5O2. The highest BCUT2D eigenvalue weighted by molar-refractivity contribution is 5.50. The maximum absolute atomic E-state index is 5.27. The van der Waals surface area contributed by atoms with E-state index in [1.54, 1.807) is 6.07 Å². The van der Waals surface area contributed by atoms with Crippen LogP contribution >= 0.6 is 0 Å². The van der Waals surface area contributed by atoms with Gasteiger partial charge in [-0.15, -0.1) is 0 Å².